The molecule has 1 atom stereocenters. The molecule has 1 N–H and O–H groups in total. The highest BCUT2D eigenvalue weighted by atomic mass is 79.9. The summed E-state index contributed by atoms with van der Waals surface area (Å²) in [6.45, 7) is 4.19. The van der Waals surface area contributed by atoms with Crippen molar-refractivity contribution in [3.8, 4) is 0 Å². The second-order valence-corrected chi connectivity index (χ2v) is 8.78. The second-order valence-electron chi connectivity index (χ2n) is 7.86. The van der Waals surface area contributed by atoms with Gasteiger partial charge >= 0.3 is 0 Å². The fourth-order valence-corrected chi connectivity index (χ4v) is 5.18. The van der Waals surface area contributed by atoms with Crippen LogP contribution in [0, 0.1) is 13.8 Å². The number of nitrogens with one attached hydrogen (secondary N) is 1. The quantitative estimate of drug-likeness (QED) is 0.573. The third-order valence-corrected chi connectivity index (χ3v) is 6.79. The smallest absolute Gasteiger partial charge is 0.236 e. The molecule has 1 fully saturated rings. The fourth-order valence-electron chi connectivity index (χ4n) is 4.82. The molecule has 2 aliphatic rings. The van der Waals surface area contributed by atoms with E-state index in [0.717, 1.165) is 22.1 Å². The van der Waals surface area contributed by atoms with Crippen LogP contribution in [0.4, 0.5) is 5.69 Å². The van der Waals surface area contributed by atoms with Gasteiger partial charge in [0.1, 0.15) is 0 Å². The molecule has 27 heavy (non-hydrogen) atoms. The van der Waals surface area contributed by atoms with Crippen molar-refractivity contribution < 1.29 is 4.79 Å². The Morgan fingerprint density at radius 3 is 1.93 bits per heavy atom. The summed E-state index contributed by atoms with van der Waals surface area (Å²) in [4.78, 5) is 13.3. The minimum absolute atomic E-state index is 0.108. The number of rotatable bonds is 2. The lowest BCUT2D eigenvalue weighted by Crippen LogP contribution is -2.30. The first-order valence-electron chi connectivity index (χ1n) is 9.23. The molecule has 3 heteroatoms. The first-order valence-corrected chi connectivity index (χ1v) is 10.0. The molecule has 1 unspecified atom stereocenters. The Hall–Kier alpha value is -2.39. The van der Waals surface area contributed by atoms with Crippen molar-refractivity contribution in [1.29, 1.82) is 0 Å². The van der Waals surface area contributed by atoms with E-state index in [0.29, 0.717) is 0 Å². The number of carbonyl (C=O) groups excluding carboxylic acids is 1. The van der Waals surface area contributed by atoms with Crippen molar-refractivity contribution in [3.63, 3.8) is 0 Å². The van der Waals surface area contributed by atoms with Crippen LogP contribution in [-0.2, 0) is 15.6 Å². The van der Waals surface area contributed by atoms with Crippen LogP contribution >= 0.6 is 15.9 Å². The monoisotopic (exact) mass is 417 g/mol. The Kier molecular flexibility index (Phi) is 3.45. The topological polar surface area (TPSA) is 29.1 Å². The number of carbonyl (C=O) groups is 1. The summed E-state index contributed by atoms with van der Waals surface area (Å²) in [5.41, 5.74) is 6.03. The van der Waals surface area contributed by atoms with E-state index < -0.39 is 5.41 Å². The number of halogens is 1. The van der Waals surface area contributed by atoms with Gasteiger partial charge in [0.25, 0.3) is 0 Å². The van der Waals surface area contributed by atoms with Crippen LogP contribution in [0.15, 0.2) is 71.2 Å². The Bertz CT molecular complexity index is 1020. The van der Waals surface area contributed by atoms with Gasteiger partial charge in [-0.25, -0.2) is 0 Å². The molecule has 0 bridgehead atoms. The van der Waals surface area contributed by atoms with Gasteiger partial charge in [-0.3, -0.25) is 4.79 Å². The fraction of sp³-hybridized carbons (Fsp3) is 0.208. The zero-order chi connectivity index (χ0) is 18.8. The summed E-state index contributed by atoms with van der Waals surface area (Å²) in [7, 11) is 0. The highest BCUT2D eigenvalue weighted by Gasteiger charge is 2.76. The summed E-state index contributed by atoms with van der Waals surface area (Å²) in [5.74, 6) is 0.108. The van der Waals surface area contributed by atoms with Gasteiger partial charge in [0.15, 0.2) is 0 Å². The zero-order valence-electron chi connectivity index (χ0n) is 15.3. The van der Waals surface area contributed by atoms with Crippen molar-refractivity contribution in [2.24, 2.45) is 0 Å². The number of aryl methyl sites for hydroxylation is 2. The molecule has 1 amide bonds. The highest BCUT2D eigenvalue weighted by Crippen LogP contribution is 2.72. The van der Waals surface area contributed by atoms with Gasteiger partial charge < -0.3 is 5.32 Å². The molecule has 2 nitrogen and oxygen atoms in total. The van der Waals surface area contributed by atoms with Crippen LogP contribution in [-0.4, -0.2) is 5.91 Å². The average Bonchev–Trinajstić information content (AvgIpc) is 3.29. The maximum atomic E-state index is 13.3. The van der Waals surface area contributed by atoms with Gasteiger partial charge in [-0.1, -0.05) is 75.6 Å². The Morgan fingerprint density at radius 2 is 1.37 bits per heavy atom. The average molecular weight is 418 g/mol. The Morgan fingerprint density at radius 1 is 0.815 bits per heavy atom. The van der Waals surface area contributed by atoms with E-state index in [1.165, 1.54) is 22.3 Å². The molecule has 0 radical (unpaired) electrons. The standard InChI is InChI=1S/C24H20BrNO/c1-15-3-7-17(8-4-15)23(18-9-5-16(2)6-10-18)14-24(23)20-13-19(25)11-12-21(20)26-22(24)27/h3-13H,14H2,1-2H3,(H,26,27). The summed E-state index contributed by atoms with van der Waals surface area (Å²) in [6.07, 6.45) is 0.793. The first-order chi connectivity index (χ1) is 13.0. The molecule has 0 aromatic heterocycles. The van der Waals surface area contributed by atoms with E-state index in [1.54, 1.807) is 0 Å². The predicted octanol–water partition coefficient (Wildman–Crippen LogP) is 5.65. The Labute approximate surface area is 167 Å². The third kappa shape index (κ3) is 2.15. The van der Waals surface area contributed by atoms with E-state index in [-0.39, 0.29) is 11.3 Å². The number of fused-ring (bicyclic) bond motifs is 2. The van der Waals surface area contributed by atoms with Crippen LogP contribution in [0.2, 0.25) is 0 Å². The molecular weight excluding hydrogens is 398 g/mol. The van der Waals surface area contributed by atoms with Gasteiger partial charge in [-0.05, 0) is 55.2 Å². The minimum Gasteiger partial charge on any atom is -0.325 e. The molecule has 1 aliphatic carbocycles. The minimum atomic E-state index is -0.545. The second kappa shape index (κ2) is 5.56. The number of anilines is 1. The summed E-state index contributed by atoms with van der Waals surface area (Å²) in [6, 6.07) is 23.4. The molecule has 1 aliphatic heterocycles. The summed E-state index contributed by atoms with van der Waals surface area (Å²) < 4.78 is 1.01. The number of amides is 1. The van der Waals surface area contributed by atoms with E-state index >= 15 is 0 Å². The highest BCUT2D eigenvalue weighted by molar-refractivity contribution is 9.10. The molecule has 5 rings (SSSR count). The number of benzene rings is 3. The van der Waals surface area contributed by atoms with Crippen molar-refractivity contribution in [1.82, 2.24) is 0 Å². The van der Waals surface area contributed by atoms with Crippen LogP contribution in [0.25, 0.3) is 0 Å². The zero-order valence-corrected chi connectivity index (χ0v) is 16.9. The maximum Gasteiger partial charge on any atom is 0.236 e. The van der Waals surface area contributed by atoms with E-state index in [2.05, 4.69) is 89.7 Å². The third-order valence-electron chi connectivity index (χ3n) is 6.30. The van der Waals surface area contributed by atoms with Gasteiger partial charge in [-0.15, -0.1) is 0 Å². The van der Waals surface area contributed by atoms with E-state index in [1.807, 2.05) is 12.1 Å². The SMILES string of the molecule is Cc1ccc(C2(c3ccc(C)cc3)CC23C(=O)Nc2ccc(Br)cc23)cc1. The summed E-state index contributed by atoms with van der Waals surface area (Å²) >= 11 is 3.59. The molecule has 1 heterocycles. The van der Waals surface area contributed by atoms with Crippen LogP contribution in [0.1, 0.15) is 34.2 Å². The largest absolute Gasteiger partial charge is 0.325 e. The van der Waals surface area contributed by atoms with Crippen molar-refractivity contribution >= 4 is 27.5 Å². The normalized spacial score (nSPS) is 21.8. The lowest BCUT2D eigenvalue weighted by molar-refractivity contribution is -0.118. The lowest BCUT2D eigenvalue weighted by atomic mass is 9.77. The van der Waals surface area contributed by atoms with Crippen LogP contribution in [0.5, 0.6) is 0 Å². The van der Waals surface area contributed by atoms with E-state index in [9.17, 15) is 4.79 Å². The van der Waals surface area contributed by atoms with Gasteiger partial charge in [0.05, 0.1) is 5.41 Å². The van der Waals surface area contributed by atoms with Crippen LogP contribution < -0.4 is 5.32 Å². The predicted molar refractivity (Wildman–Crippen MR) is 112 cm³/mol. The summed E-state index contributed by atoms with van der Waals surface area (Å²) in [5, 5.41) is 3.13. The molecule has 3 aromatic rings. The molecule has 0 saturated heterocycles. The van der Waals surface area contributed by atoms with Gasteiger partial charge in [0.2, 0.25) is 5.91 Å². The number of hydrogen-bond acceptors (Lipinski definition) is 1. The Balaban J connectivity index is 1.78. The lowest BCUT2D eigenvalue weighted by Gasteiger charge is -2.24. The molecule has 1 saturated carbocycles. The molecule has 1 spiro atoms. The van der Waals surface area contributed by atoms with Crippen molar-refractivity contribution in [3.05, 3.63) is 99.0 Å². The molecule has 3 aromatic carbocycles. The van der Waals surface area contributed by atoms with Crippen molar-refractivity contribution in [2.45, 2.75) is 31.1 Å². The van der Waals surface area contributed by atoms with Crippen molar-refractivity contribution in [2.75, 3.05) is 5.32 Å². The van der Waals surface area contributed by atoms with Gasteiger partial charge in [-0.2, -0.15) is 0 Å². The van der Waals surface area contributed by atoms with Crippen LogP contribution in [0.3, 0.4) is 0 Å². The molecule has 134 valence electrons. The molecular formula is C24H20BrNO. The number of hydrogen-bond donors (Lipinski definition) is 1. The van der Waals surface area contributed by atoms with Gasteiger partial charge in [0, 0.05) is 15.6 Å². The first kappa shape index (κ1) is 16.8. The van der Waals surface area contributed by atoms with E-state index in [4.69, 9.17) is 0 Å². The maximum absolute atomic E-state index is 13.3.